The van der Waals surface area contributed by atoms with Crippen molar-refractivity contribution in [2.75, 3.05) is 16.2 Å². The van der Waals surface area contributed by atoms with E-state index in [2.05, 4.69) is 5.32 Å². The smallest absolute Gasteiger partial charge is 0.264 e. The van der Waals surface area contributed by atoms with E-state index >= 15 is 0 Å². The fourth-order valence-electron chi connectivity index (χ4n) is 3.78. The van der Waals surface area contributed by atoms with Crippen LogP contribution in [0.1, 0.15) is 36.2 Å². The number of carbonyl (C=O) groups excluding carboxylic acids is 1. The number of nitrogens with zero attached hydrogens (tertiary/aromatic N) is 1. The highest BCUT2D eigenvalue weighted by Crippen LogP contribution is 2.34. The summed E-state index contributed by atoms with van der Waals surface area (Å²) in [6.07, 6.45) is 1.38. The van der Waals surface area contributed by atoms with Gasteiger partial charge < -0.3 is 10.1 Å². The molecule has 0 saturated carbocycles. The van der Waals surface area contributed by atoms with Gasteiger partial charge in [-0.1, -0.05) is 0 Å². The molecule has 3 aromatic carbocycles. The highest BCUT2D eigenvalue weighted by molar-refractivity contribution is 7.92. The van der Waals surface area contributed by atoms with Crippen molar-refractivity contribution in [2.24, 2.45) is 0 Å². The van der Waals surface area contributed by atoms with Crippen LogP contribution in [0, 0.1) is 5.82 Å². The van der Waals surface area contributed by atoms with Crippen LogP contribution < -0.4 is 14.4 Å². The van der Waals surface area contributed by atoms with Crippen LogP contribution in [-0.4, -0.2) is 27.0 Å². The quantitative estimate of drug-likeness (QED) is 0.552. The van der Waals surface area contributed by atoms with Gasteiger partial charge in [0.25, 0.3) is 15.9 Å². The zero-order chi connectivity index (χ0) is 23.6. The molecule has 1 aliphatic heterocycles. The minimum absolute atomic E-state index is 0.0408. The van der Waals surface area contributed by atoms with Crippen LogP contribution >= 0.6 is 0 Å². The van der Waals surface area contributed by atoms with Crippen molar-refractivity contribution >= 4 is 27.3 Å². The van der Waals surface area contributed by atoms with Gasteiger partial charge >= 0.3 is 0 Å². The Hall–Kier alpha value is -3.39. The Morgan fingerprint density at radius 2 is 1.73 bits per heavy atom. The van der Waals surface area contributed by atoms with E-state index in [-0.39, 0.29) is 16.9 Å². The lowest BCUT2D eigenvalue weighted by atomic mass is 10.0. The summed E-state index contributed by atoms with van der Waals surface area (Å²) in [5.41, 5.74) is 2.47. The van der Waals surface area contributed by atoms with Gasteiger partial charge in [0.05, 0.1) is 16.7 Å². The predicted molar refractivity (Wildman–Crippen MR) is 126 cm³/mol. The van der Waals surface area contributed by atoms with Gasteiger partial charge in [0, 0.05) is 17.8 Å². The largest absolute Gasteiger partial charge is 0.491 e. The standard InChI is InChI=1S/C25H25FN2O4S/c1-17(2)32-22-10-5-18(6-11-22)25(29)27-21-9-14-24-19(16-21)4-3-15-28(24)33(30,31)23-12-7-20(26)8-13-23/h5-14,16-17H,3-4,15H2,1-2H3,(H,27,29). The van der Waals surface area contributed by atoms with E-state index in [1.54, 1.807) is 42.5 Å². The molecule has 0 saturated heterocycles. The summed E-state index contributed by atoms with van der Waals surface area (Å²) in [5, 5.41) is 2.87. The van der Waals surface area contributed by atoms with Crippen molar-refractivity contribution in [3.63, 3.8) is 0 Å². The van der Waals surface area contributed by atoms with E-state index in [9.17, 15) is 17.6 Å². The Kier molecular flexibility index (Phi) is 6.37. The third kappa shape index (κ3) is 5.01. The maximum atomic E-state index is 13.2. The SMILES string of the molecule is CC(C)Oc1ccc(C(=O)Nc2ccc3c(c2)CCCN3S(=O)(=O)c2ccc(F)cc2)cc1. The van der Waals surface area contributed by atoms with Crippen molar-refractivity contribution in [2.45, 2.75) is 37.7 Å². The fraction of sp³-hybridized carbons (Fsp3) is 0.240. The number of hydrogen-bond acceptors (Lipinski definition) is 4. The number of aryl methyl sites for hydroxylation is 1. The first-order valence-electron chi connectivity index (χ1n) is 10.7. The Balaban J connectivity index is 1.53. The Bertz CT molecular complexity index is 1260. The third-order valence-electron chi connectivity index (χ3n) is 5.30. The number of hydrogen-bond donors (Lipinski definition) is 1. The van der Waals surface area contributed by atoms with Gasteiger partial charge in [0.1, 0.15) is 11.6 Å². The van der Waals surface area contributed by atoms with Crippen LogP contribution in [0.2, 0.25) is 0 Å². The first-order chi connectivity index (χ1) is 15.7. The zero-order valence-corrected chi connectivity index (χ0v) is 19.2. The molecule has 1 N–H and O–H groups in total. The van der Waals surface area contributed by atoms with Crippen LogP contribution in [0.15, 0.2) is 71.6 Å². The van der Waals surface area contributed by atoms with Gasteiger partial charge in [-0.3, -0.25) is 9.10 Å². The summed E-state index contributed by atoms with van der Waals surface area (Å²) >= 11 is 0. The second kappa shape index (κ2) is 9.23. The van der Waals surface area contributed by atoms with E-state index in [1.165, 1.54) is 16.4 Å². The molecule has 0 atom stereocenters. The first kappa shape index (κ1) is 22.8. The lowest BCUT2D eigenvalue weighted by Gasteiger charge is -2.31. The molecule has 0 fully saturated rings. The number of anilines is 2. The highest BCUT2D eigenvalue weighted by atomic mass is 32.2. The van der Waals surface area contributed by atoms with E-state index < -0.39 is 15.8 Å². The molecule has 1 amide bonds. The summed E-state index contributed by atoms with van der Waals surface area (Å²) in [7, 11) is -3.82. The molecule has 0 aliphatic carbocycles. The molecule has 0 radical (unpaired) electrons. The molecular weight excluding hydrogens is 443 g/mol. The van der Waals surface area contributed by atoms with Crippen molar-refractivity contribution in [1.82, 2.24) is 0 Å². The van der Waals surface area contributed by atoms with Crippen LogP contribution in [0.5, 0.6) is 5.75 Å². The molecule has 172 valence electrons. The summed E-state index contributed by atoms with van der Waals surface area (Å²) in [4.78, 5) is 12.7. The summed E-state index contributed by atoms with van der Waals surface area (Å²) < 4.78 is 46.4. The molecule has 0 aromatic heterocycles. The van der Waals surface area contributed by atoms with Gasteiger partial charge in [-0.2, -0.15) is 0 Å². The van der Waals surface area contributed by atoms with Gasteiger partial charge in [0.15, 0.2) is 0 Å². The Morgan fingerprint density at radius 3 is 2.39 bits per heavy atom. The number of benzene rings is 3. The second-order valence-corrected chi connectivity index (χ2v) is 9.99. The number of carbonyl (C=O) groups is 1. The number of rotatable bonds is 6. The number of ether oxygens (including phenoxy) is 1. The van der Waals surface area contributed by atoms with Crippen LogP contribution in [-0.2, 0) is 16.4 Å². The van der Waals surface area contributed by atoms with Crippen LogP contribution in [0.4, 0.5) is 15.8 Å². The van der Waals surface area contributed by atoms with E-state index in [0.29, 0.717) is 42.1 Å². The molecule has 1 aliphatic rings. The van der Waals surface area contributed by atoms with Gasteiger partial charge in [-0.25, -0.2) is 12.8 Å². The monoisotopic (exact) mass is 468 g/mol. The maximum absolute atomic E-state index is 13.2. The highest BCUT2D eigenvalue weighted by Gasteiger charge is 2.29. The van der Waals surface area contributed by atoms with Crippen LogP contribution in [0.25, 0.3) is 0 Å². The summed E-state index contributed by atoms with van der Waals surface area (Å²) in [5.74, 6) is -0.0640. The third-order valence-corrected chi connectivity index (χ3v) is 7.13. The first-order valence-corrected chi connectivity index (χ1v) is 12.2. The van der Waals surface area contributed by atoms with Gasteiger partial charge in [-0.05, 0) is 99.0 Å². The maximum Gasteiger partial charge on any atom is 0.264 e. The number of sulfonamides is 1. The Labute approximate surface area is 193 Å². The molecule has 4 rings (SSSR count). The average molecular weight is 469 g/mol. The lowest BCUT2D eigenvalue weighted by Crippen LogP contribution is -2.35. The number of halogens is 1. The number of amides is 1. The summed E-state index contributed by atoms with van der Waals surface area (Å²) in [6, 6.07) is 16.9. The molecule has 33 heavy (non-hydrogen) atoms. The predicted octanol–water partition coefficient (Wildman–Crippen LogP) is 5.01. The minimum Gasteiger partial charge on any atom is -0.491 e. The molecule has 6 nitrogen and oxygen atoms in total. The van der Waals surface area contributed by atoms with E-state index in [0.717, 1.165) is 17.7 Å². The van der Waals surface area contributed by atoms with E-state index in [1.807, 2.05) is 13.8 Å². The molecule has 0 bridgehead atoms. The lowest BCUT2D eigenvalue weighted by molar-refractivity contribution is 0.102. The second-order valence-electron chi connectivity index (χ2n) is 8.12. The average Bonchev–Trinajstić information content (AvgIpc) is 2.79. The minimum atomic E-state index is -3.82. The molecule has 0 unspecified atom stereocenters. The fourth-order valence-corrected chi connectivity index (χ4v) is 5.33. The van der Waals surface area contributed by atoms with Gasteiger partial charge in [-0.15, -0.1) is 0 Å². The zero-order valence-electron chi connectivity index (χ0n) is 18.4. The van der Waals surface area contributed by atoms with Crippen LogP contribution in [0.3, 0.4) is 0 Å². The number of nitrogens with one attached hydrogen (secondary N) is 1. The van der Waals surface area contributed by atoms with Gasteiger partial charge in [0.2, 0.25) is 0 Å². The molecule has 3 aromatic rings. The molecular formula is C25H25FN2O4S. The van der Waals surface area contributed by atoms with Crippen molar-refractivity contribution < 1.29 is 22.3 Å². The number of fused-ring (bicyclic) bond motifs is 1. The van der Waals surface area contributed by atoms with Crippen molar-refractivity contribution in [3.8, 4) is 5.75 Å². The van der Waals surface area contributed by atoms with E-state index in [4.69, 9.17) is 4.74 Å². The Morgan fingerprint density at radius 1 is 1.03 bits per heavy atom. The normalized spacial score (nSPS) is 13.5. The summed E-state index contributed by atoms with van der Waals surface area (Å²) in [6.45, 7) is 4.20. The van der Waals surface area contributed by atoms with Crippen molar-refractivity contribution in [3.05, 3.63) is 83.7 Å². The van der Waals surface area contributed by atoms with Crippen molar-refractivity contribution in [1.29, 1.82) is 0 Å². The molecule has 0 spiro atoms. The molecule has 8 heteroatoms. The topological polar surface area (TPSA) is 75.7 Å². The molecule has 1 heterocycles.